The van der Waals surface area contributed by atoms with Crippen molar-refractivity contribution in [2.45, 2.75) is 38.2 Å². The summed E-state index contributed by atoms with van der Waals surface area (Å²) in [6.45, 7) is 6.42. The Morgan fingerprint density at radius 1 is 1.02 bits per heavy atom. The summed E-state index contributed by atoms with van der Waals surface area (Å²) in [5.41, 5.74) is 1.80. The van der Waals surface area contributed by atoms with Crippen molar-refractivity contribution in [2.24, 2.45) is 5.92 Å². The van der Waals surface area contributed by atoms with Gasteiger partial charge in [0, 0.05) is 73.8 Å². The molecule has 1 unspecified atom stereocenters. The molecule has 1 aromatic carbocycles. The summed E-state index contributed by atoms with van der Waals surface area (Å²) in [6, 6.07) is 9.46. The molecule has 2 aliphatic heterocycles. The fraction of sp³-hybridized carbons (Fsp3) is 0.483. The highest BCUT2D eigenvalue weighted by atomic mass is 35.5. The smallest absolute Gasteiger partial charge is 0.339 e. The summed E-state index contributed by atoms with van der Waals surface area (Å²) >= 11 is 6.42. The van der Waals surface area contributed by atoms with Crippen molar-refractivity contribution in [1.82, 2.24) is 19.7 Å². The van der Waals surface area contributed by atoms with E-state index in [1.54, 1.807) is 0 Å². The van der Waals surface area contributed by atoms with Gasteiger partial charge in [0.15, 0.2) is 0 Å². The Kier molecular flexibility index (Phi) is 7.63. The van der Waals surface area contributed by atoms with Crippen LogP contribution >= 0.6 is 11.6 Å². The second kappa shape index (κ2) is 11.3. The Balaban J connectivity index is 1.21. The van der Waals surface area contributed by atoms with Gasteiger partial charge in [-0.05, 0) is 55.9 Å². The van der Waals surface area contributed by atoms with Crippen molar-refractivity contribution in [3.8, 4) is 11.1 Å². The first-order valence-corrected chi connectivity index (χ1v) is 14.3. The summed E-state index contributed by atoms with van der Waals surface area (Å²) in [7, 11) is 0. The number of piperidine rings is 1. The van der Waals surface area contributed by atoms with Crippen LogP contribution in [0.1, 0.15) is 54.2 Å². The van der Waals surface area contributed by atoms with Gasteiger partial charge < -0.3 is 14.9 Å². The van der Waals surface area contributed by atoms with Gasteiger partial charge in [-0.1, -0.05) is 17.7 Å². The molecule has 6 rings (SSSR count). The Bertz CT molecular complexity index is 1360. The summed E-state index contributed by atoms with van der Waals surface area (Å²) in [4.78, 5) is 23.3. The lowest BCUT2D eigenvalue weighted by Gasteiger charge is -2.36. The van der Waals surface area contributed by atoms with Crippen LogP contribution in [0, 0.1) is 5.92 Å². The summed E-state index contributed by atoms with van der Waals surface area (Å²) in [6.07, 6.45) is 4.09. The zero-order chi connectivity index (χ0) is 27.8. The van der Waals surface area contributed by atoms with Gasteiger partial charge in [0.25, 0.3) is 6.43 Å². The average molecular weight is 571 g/mol. The number of aromatic nitrogens is 3. The van der Waals surface area contributed by atoms with Gasteiger partial charge in [-0.15, -0.1) is 0 Å². The first-order chi connectivity index (χ1) is 19.4. The molecule has 2 aromatic heterocycles. The Morgan fingerprint density at radius 3 is 2.50 bits per heavy atom. The number of anilines is 2. The SMILES string of the molecule is O=C(O)c1cnn(C2CCCN(c3cc(Cl)ccc3-c3ccc(N4CCN(CC5CC5)CC4)nc3)C2)c1C(F)F. The van der Waals surface area contributed by atoms with Crippen LogP contribution < -0.4 is 9.80 Å². The number of aromatic carboxylic acids is 1. The van der Waals surface area contributed by atoms with Gasteiger partial charge in [-0.3, -0.25) is 9.58 Å². The number of rotatable bonds is 8. The molecule has 1 aliphatic carbocycles. The third-order valence-electron chi connectivity index (χ3n) is 8.28. The van der Waals surface area contributed by atoms with Gasteiger partial charge in [0.05, 0.1) is 12.2 Å². The van der Waals surface area contributed by atoms with E-state index in [1.165, 1.54) is 24.1 Å². The van der Waals surface area contributed by atoms with Gasteiger partial charge in [-0.25, -0.2) is 18.6 Å². The summed E-state index contributed by atoms with van der Waals surface area (Å²) in [5.74, 6) is 0.471. The van der Waals surface area contributed by atoms with Crippen LogP contribution in [0.4, 0.5) is 20.3 Å². The van der Waals surface area contributed by atoms with Crippen LogP contribution in [0.25, 0.3) is 11.1 Å². The molecule has 4 heterocycles. The molecular weight excluding hydrogens is 538 g/mol. The van der Waals surface area contributed by atoms with E-state index in [1.807, 2.05) is 24.4 Å². The second-order valence-corrected chi connectivity index (χ2v) is 11.5. The molecule has 1 saturated carbocycles. The van der Waals surface area contributed by atoms with Crippen LogP contribution in [-0.2, 0) is 0 Å². The van der Waals surface area contributed by atoms with Gasteiger partial charge in [0.2, 0.25) is 0 Å². The van der Waals surface area contributed by atoms with Gasteiger partial charge >= 0.3 is 5.97 Å². The third kappa shape index (κ3) is 5.65. The number of piperazine rings is 1. The summed E-state index contributed by atoms with van der Waals surface area (Å²) < 4.78 is 28.9. The molecule has 0 bridgehead atoms. The maximum Gasteiger partial charge on any atom is 0.339 e. The molecule has 212 valence electrons. The molecule has 3 aliphatic rings. The molecule has 0 radical (unpaired) electrons. The number of carboxylic acid groups (broad SMARTS) is 1. The van der Waals surface area contributed by atoms with Crippen molar-refractivity contribution < 1.29 is 18.7 Å². The average Bonchev–Trinajstić information content (AvgIpc) is 3.66. The van der Waals surface area contributed by atoms with Crippen LogP contribution in [0.3, 0.4) is 0 Å². The summed E-state index contributed by atoms with van der Waals surface area (Å²) in [5, 5.41) is 14.0. The number of carboxylic acids is 1. The molecule has 1 atom stereocenters. The normalized spacial score (nSPS) is 20.4. The topological polar surface area (TPSA) is 77.7 Å². The molecule has 1 N–H and O–H groups in total. The lowest BCUT2D eigenvalue weighted by Crippen LogP contribution is -2.47. The van der Waals surface area contributed by atoms with Crippen molar-refractivity contribution in [1.29, 1.82) is 0 Å². The maximum absolute atomic E-state index is 13.9. The molecule has 3 aromatic rings. The minimum absolute atomic E-state index is 0.392. The van der Waals surface area contributed by atoms with Crippen molar-refractivity contribution >= 4 is 29.1 Å². The number of hydrogen-bond donors (Lipinski definition) is 1. The van der Waals surface area contributed by atoms with Crippen LogP contribution in [0.5, 0.6) is 0 Å². The monoisotopic (exact) mass is 570 g/mol. The fourth-order valence-corrected chi connectivity index (χ4v) is 6.15. The predicted molar refractivity (Wildman–Crippen MR) is 151 cm³/mol. The quantitative estimate of drug-likeness (QED) is 0.377. The highest BCUT2D eigenvalue weighted by molar-refractivity contribution is 6.31. The van der Waals surface area contributed by atoms with Crippen LogP contribution in [0.15, 0.2) is 42.7 Å². The zero-order valence-electron chi connectivity index (χ0n) is 22.2. The minimum Gasteiger partial charge on any atom is -0.478 e. The number of carbonyl (C=O) groups is 1. The molecule has 0 amide bonds. The number of hydrogen-bond acceptors (Lipinski definition) is 6. The van der Waals surface area contributed by atoms with Crippen LogP contribution in [-0.4, -0.2) is 76.6 Å². The van der Waals surface area contributed by atoms with E-state index in [0.29, 0.717) is 18.0 Å². The third-order valence-corrected chi connectivity index (χ3v) is 8.52. The number of nitrogens with zero attached hydrogens (tertiary/aromatic N) is 6. The molecule has 40 heavy (non-hydrogen) atoms. The van der Waals surface area contributed by atoms with E-state index in [-0.39, 0.29) is 0 Å². The molecule has 0 spiro atoms. The lowest BCUT2D eigenvalue weighted by atomic mass is 10.00. The standard InChI is InChI=1S/C29H33ClF2N6O2/c30-21-6-7-23(20-5-8-26(33-15-20)36-12-10-35(11-13-36)17-19-3-4-19)25(14-21)37-9-1-2-22(18-37)38-27(28(31)32)24(16-34-38)29(39)40/h5-8,14-16,19,22,28H,1-4,9-13,17-18H2,(H,39,40). The largest absolute Gasteiger partial charge is 0.478 e. The van der Waals surface area contributed by atoms with Crippen LogP contribution in [0.2, 0.25) is 5.02 Å². The van der Waals surface area contributed by atoms with E-state index in [9.17, 15) is 18.7 Å². The number of pyridine rings is 1. The predicted octanol–water partition coefficient (Wildman–Crippen LogP) is 5.61. The van der Waals surface area contributed by atoms with Crippen molar-refractivity contribution in [2.75, 3.05) is 55.6 Å². The van der Waals surface area contributed by atoms with Crippen molar-refractivity contribution in [3.05, 3.63) is 59.0 Å². The number of alkyl halides is 2. The first-order valence-electron chi connectivity index (χ1n) is 13.9. The van der Waals surface area contributed by atoms with Gasteiger partial charge in [0.1, 0.15) is 17.1 Å². The highest BCUT2D eigenvalue weighted by Gasteiger charge is 2.31. The van der Waals surface area contributed by atoms with E-state index in [4.69, 9.17) is 16.6 Å². The molecule has 8 nitrogen and oxygen atoms in total. The molecular formula is C29H33ClF2N6O2. The lowest BCUT2D eigenvalue weighted by molar-refractivity contribution is 0.0681. The zero-order valence-corrected chi connectivity index (χ0v) is 23.0. The second-order valence-electron chi connectivity index (χ2n) is 11.0. The Morgan fingerprint density at radius 2 is 1.82 bits per heavy atom. The number of halogens is 3. The van der Waals surface area contributed by atoms with E-state index in [0.717, 1.165) is 73.9 Å². The first kappa shape index (κ1) is 27.0. The number of benzene rings is 1. The van der Waals surface area contributed by atoms with Gasteiger partial charge in [-0.2, -0.15) is 5.10 Å². The highest BCUT2D eigenvalue weighted by Crippen LogP contribution is 2.38. The minimum atomic E-state index is -2.93. The maximum atomic E-state index is 13.9. The van der Waals surface area contributed by atoms with Crippen molar-refractivity contribution in [3.63, 3.8) is 0 Å². The molecule has 2 saturated heterocycles. The molecule has 3 fully saturated rings. The van der Waals surface area contributed by atoms with E-state index < -0.39 is 29.7 Å². The van der Waals surface area contributed by atoms with E-state index in [2.05, 4.69) is 31.9 Å². The molecule has 11 heteroatoms. The van der Waals surface area contributed by atoms with E-state index >= 15 is 0 Å². The Labute approximate surface area is 237 Å². The fourth-order valence-electron chi connectivity index (χ4n) is 5.99. The Hall–Kier alpha value is -3.24.